The van der Waals surface area contributed by atoms with Crippen LogP contribution in [0.4, 0.5) is 0 Å². The molecular weight excluding hydrogens is 222 g/mol. The fourth-order valence-corrected chi connectivity index (χ4v) is 2.13. The minimum absolute atomic E-state index is 0.297. The number of carbonyl (C=O) groups is 2. The summed E-state index contributed by atoms with van der Waals surface area (Å²) in [5.41, 5.74) is 0. The Bertz CT molecular complexity index is 454. The number of carbonyl (C=O) groups excluding carboxylic acids is 2. The number of Topliss-reactive ketones (excluding diaryl/α,β-unsaturated/α-hetero) is 2. The Morgan fingerprint density at radius 3 is 2.38 bits per heavy atom. The topological polar surface area (TPSA) is 57.9 Å². The Labute approximate surface area is 98.7 Å². The summed E-state index contributed by atoms with van der Waals surface area (Å²) in [5.74, 6) is -2.13. The maximum atomic E-state index is 11.9. The van der Waals surface area contributed by atoms with Crippen molar-refractivity contribution in [1.82, 2.24) is 0 Å². The lowest BCUT2D eigenvalue weighted by molar-refractivity contribution is -0.123. The molecule has 0 aromatic carbocycles. The summed E-state index contributed by atoms with van der Waals surface area (Å²) in [4.78, 5) is 25.0. The van der Waals surface area contributed by atoms with Gasteiger partial charge in [-0.05, 0) is 19.1 Å². The van der Waals surface area contributed by atoms with E-state index in [1.54, 1.807) is 26.0 Å². The van der Waals surface area contributed by atoms with E-state index in [4.69, 9.17) is 5.26 Å². The molecule has 1 aromatic heterocycles. The van der Waals surface area contributed by atoms with Gasteiger partial charge in [0.1, 0.15) is 0 Å². The van der Waals surface area contributed by atoms with Gasteiger partial charge in [-0.3, -0.25) is 9.59 Å². The average Bonchev–Trinajstić information content (AvgIpc) is 2.65. The van der Waals surface area contributed by atoms with Gasteiger partial charge in [0.15, 0.2) is 17.5 Å². The molecule has 0 radical (unpaired) electrons. The van der Waals surface area contributed by atoms with E-state index in [0.29, 0.717) is 4.88 Å². The third-order valence-corrected chi connectivity index (χ3v) is 3.24. The first-order valence-electron chi connectivity index (χ1n) is 5.01. The van der Waals surface area contributed by atoms with Crippen molar-refractivity contribution in [2.24, 2.45) is 11.8 Å². The highest BCUT2D eigenvalue weighted by Gasteiger charge is 2.29. The number of hydrogen-bond acceptors (Lipinski definition) is 4. The van der Waals surface area contributed by atoms with Crippen molar-refractivity contribution < 1.29 is 9.59 Å². The second kappa shape index (κ2) is 5.04. The van der Waals surface area contributed by atoms with E-state index in [-0.39, 0.29) is 17.5 Å². The van der Waals surface area contributed by atoms with E-state index in [0.717, 1.165) is 4.88 Å². The van der Waals surface area contributed by atoms with Crippen molar-refractivity contribution in [3.63, 3.8) is 0 Å². The number of thiophene rings is 1. The minimum atomic E-state index is -1.15. The molecule has 1 heterocycles. The summed E-state index contributed by atoms with van der Waals surface area (Å²) in [5, 5.41) is 8.90. The lowest BCUT2D eigenvalue weighted by atomic mass is 9.92. The third kappa shape index (κ3) is 2.56. The Hall–Kier alpha value is -1.47. The summed E-state index contributed by atoms with van der Waals surface area (Å²) < 4.78 is 0. The Morgan fingerprint density at radius 2 is 2.00 bits per heavy atom. The van der Waals surface area contributed by atoms with Crippen LogP contribution < -0.4 is 0 Å². The zero-order chi connectivity index (χ0) is 12.3. The summed E-state index contributed by atoms with van der Waals surface area (Å²) in [6, 6.07) is 5.28. The maximum absolute atomic E-state index is 11.9. The van der Waals surface area contributed by atoms with Crippen LogP contribution in [-0.2, 0) is 4.79 Å². The van der Waals surface area contributed by atoms with Gasteiger partial charge in [0.2, 0.25) is 0 Å². The minimum Gasteiger partial charge on any atom is -0.297 e. The second-order valence-electron chi connectivity index (χ2n) is 3.89. The van der Waals surface area contributed by atoms with Crippen molar-refractivity contribution in [3.05, 3.63) is 21.9 Å². The van der Waals surface area contributed by atoms with E-state index in [9.17, 15) is 9.59 Å². The molecule has 0 N–H and O–H groups in total. The molecule has 1 rings (SSSR count). The molecular formula is C12H13NO2S. The summed E-state index contributed by atoms with van der Waals surface area (Å²) in [6.07, 6.45) is 0. The highest BCUT2D eigenvalue weighted by Crippen LogP contribution is 2.20. The lowest BCUT2D eigenvalue weighted by Crippen LogP contribution is -2.25. The van der Waals surface area contributed by atoms with Crippen LogP contribution >= 0.6 is 11.3 Å². The van der Waals surface area contributed by atoms with Gasteiger partial charge in [0, 0.05) is 10.8 Å². The molecule has 0 aliphatic carbocycles. The lowest BCUT2D eigenvalue weighted by Gasteiger charge is -2.08. The van der Waals surface area contributed by atoms with Gasteiger partial charge in [0.05, 0.1) is 10.9 Å². The molecule has 84 valence electrons. The first-order valence-corrected chi connectivity index (χ1v) is 5.83. The van der Waals surface area contributed by atoms with Crippen molar-refractivity contribution in [2.75, 3.05) is 0 Å². The van der Waals surface area contributed by atoms with Gasteiger partial charge in [-0.2, -0.15) is 5.26 Å². The first kappa shape index (κ1) is 12.6. The number of hydrogen-bond donors (Lipinski definition) is 0. The van der Waals surface area contributed by atoms with E-state index >= 15 is 0 Å². The smallest absolute Gasteiger partial charge is 0.197 e. The summed E-state index contributed by atoms with van der Waals surface area (Å²) in [6.45, 7) is 5.27. The molecule has 0 bridgehead atoms. The zero-order valence-electron chi connectivity index (χ0n) is 9.48. The molecule has 1 atom stereocenters. The van der Waals surface area contributed by atoms with Crippen LogP contribution in [0, 0.1) is 30.1 Å². The fourth-order valence-electron chi connectivity index (χ4n) is 1.29. The molecule has 16 heavy (non-hydrogen) atoms. The quantitative estimate of drug-likeness (QED) is 0.595. The molecule has 0 spiro atoms. The highest BCUT2D eigenvalue weighted by molar-refractivity contribution is 7.14. The highest BCUT2D eigenvalue weighted by atomic mass is 32.1. The van der Waals surface area contributed by atoms with Gasteiger partial charge in [-0.25, -0.2) is 0 Å². The van der Waals surface area contributed by atoms with Crippen LogP contribution in [0.25, 0.3) is 0 Å². The number of ketones is 2. The second-order valence-corrected chi connectivity index (χ2v) is 5.18. The van der Waals surface area contributed by atoms with Crippen LogP contribution in [0.5, 0.6) is 0 Å². The van der Waals surface area contributed by atoms with Crippen molar-refractivity contribution in [2.45, 2.75) is 20.8 Å². The number of rotatable bonds is 4. The monoisotopic (exact) mass is 235 g/mol. The largest absolute Gasteiger partial charge is 0.297 e. The molecule has 0 aliphatic heterocycles. The van der Waals surface area contributed by atoms with E-state index in [2.05, 4.69) is 0 Å². The predicted octanol–water partition coefficient (Wildman–Crippen LogP) is 2.60. The molecule has 3 nitrogen and oxygen atoms in total. The molecule has 1 unspecified atom stereocenters. The Morgan fingerprint density at radius 1 is 1.38 bits per heavy atom. The third-order valence-electron chi connectivity index (χ3n) is 2.23. The van der Waals surface area contributed by atoms with Crippen molar-refractivity contribution >= 4 is 22.9 Å². The van der Waals surface area contributed by atoms with Gasteiger partial charge in [-0.1, -0.05) is 13.8 Å². The summed E-state index contributed by atoms with van der Waals surface area (Å²) >= 11 is 1.32. The molecule has 0 fully saturated rings. The molecule has 0 saturated heterocycles. The van der Waals surface area contributed by atoms with Gasteiger partial charge < -0.3 is 0 Å². The van der Waals surface area contributed by atoms with Crippen LogP contribution in [0.3, 0.4) is 0 Å². The normalized spacial score (nSPS) is 12.2. The van der Waals surface area contributed by atoms with Crippen LogP contribution in [0.15, 0.2) is 12.1 Å². The molecule has 0 amide bonds. The van der Waals surface area contributed by atoms with Crippen LogP contribution in [0.2, 0.25) is 0 Å². The predicted molar refractivity (Wildman–Crippen MR) is 62.3 cm³/mol. The van der Waals surface area contributed by atoms with E-state index in [1.165, 1.54) is 11.3 Å². The molecule has 0 aliphatic rings. The molecule has 4 heteroatoms. The number of nitriles is 1. The van der Waals surface area contributed by atoms with E-state index in [1.807, 2.05) is 13.0 Å². The standard InChI is InChI=1S/C12H13NO2S/c1-7(2)11(14)9(6-13)12(15)10-5-4-8(3)16-10/h4-5,7,9H,1-3H3. The van der Waals surface area contributed by atoms with Crippen LogP contribution in [-0.4, -0.2) is 11.6 Å². The van der Waals surface area contributed by atoms with Gasteiger partial charge in [-0.15, -0.1) is 11.3 Å². The Kier molecular flexibility index (Phi) is 3.97. The van der Waals surface area contributed by atoms with Gasteiger partial charge in [0.25, 0.3) is 0 Å². The first-order chi connectivity index (χ1) is 7.47. The van der Waals surface area contributed by atoms with E-state index < -0.39 is 5.92 Å². The average molecular weight is 235 g/mol. The number of nitrogens with zero attached hydrogens (tertiary/aromatic N) is 1. The SMILES string of the molecule is Cc1ccc(C(=O)C(C#N)C(=O)C(C)C)s1. The number of aryl methyl sites for hydroxylation is 1. The molecule has 1 aromatic rings. The van der Waals surface area contributed by atoms with Gasteiger partial charge >= 0.3 is 0 Å². The maximum Gasteiger partial charge on any atom is 0.197 e. The van der Waals surface area contributed by atoms with Crippen molar-refractivity contribution in [1.29, 1.82) is 5.26 Å². The van der Waals surface area contributed by atoms with Crippen molar-refractivity contribution in [3.8, 4) is 6.07 Å². The summed E-state index contributed by atoms with van der Waals surface area (Å²) in [7, 11) is 0. The fraction of sp³-hybridized carbons (Fsp3) is 0.417. The van der Waals surface area contributed by atoms with Crippen LogP contribution in [0.1, 0.15) is 28.4 Å². The molecule has 0 saturated carbocycles. The zero-order valence-corrected chi connectivity index (χ0v) is 10.3. The Balaban J connectivity index is 2.96.